The molecule has 1 saturated heterocycles. The Morgan fingerprint density at radius 2 is 2.18 bits per heavy atom. The molecule has 1 aliphatic heterocycles. The summed E-state index contributed by atoms with van der Waals surface area (Å²) in [6.45, 7) is 4.25. The van der Waals surface area contributed by atoms with Crippen LogP contribution in [-0.4, -0.2) is 45.5 Å². The quantitative estimate of drug-likeness (QED) is 0.886. The molecule has 1 aliphatic rings. The SMILES string of the molecule is CNC(=O)C1CCN(Cc2nn3c(=O)cc(C)nc3s2)CC1. The van der Waals surface area contributed by atoms with Crippen LogP contribution in [0.4, 0.5) is 0 Å². The first kappa shape index (κ1) is 15.1. The molecule has 0 aliphatic carbocycles. The molecular formula is C14H19N5O2S. The molecule has 0 unspecified atom stereocenters. The smallest absolute Gasteiger partial charge is 0.275 e. The van der Waals surface area contributed by atoms with Crippen LogP contribution in [0, 0.1) is 12.8 Å². The van der Waals surface area contributed by atoms with Crippen molar-refractivity contribution in [1.29, 1.82) is 0 Å². The Bertz CT molecular complexity index is 745. The minimum Gasteiger partial charge on any atom is -0.359 e. The van der Waals surface area contributed by atoms with Crippen molar-refractivity contribution >= 4 is 22.2 Å². The maximum Gasteiger partial charge on any atom is 0.275 e. The van der Waals surface area contributed by atoms with E-state index in [9.17, 15) is 9.59 Å². The molecule has 0 radical (unpaired) electrons. The standard InChI is InChI=1S/C14H19N5O2S/c1-9-7-12(20)19-14(16-9)22-11(17-19)8-18-5-3-10(4-6-18)13(21)15-2/h7,10H,3-6,8H2,1-2H3,(H,15,21). The Balaban J connectivity index is 1.68. The van der Waals surface area contributed by atoms with Gasteiger partial charge in [0.25, 0.3) is 5.56 Å². The number of piperidine rings is 1. The first-order valence-corrected chi connectivity index (χ1v) is 8.19. The van der Waals surface area contributed by atoms with Crippen molar-refractivity contribution in [2.75, 3.05) is 20.1 Å². The van der Waals surface area contributed by atoms with E-state index in [-0.39, 0.29) is 17.4 Å². The second kappa shape index (κ2) is 6.13. The molecule has 8 heteroatoms. The summed E-state index contributed by atoms with van der Waals surface area (Å²) in [6.07, 6.45) is 1.73. The molecule has 7 nitrogen and oxygen atoms in total. The van der Waals surface area contributed by atoms with Crippen LogP contribution in [0.5, 0.6) is 0 Å². The van der Waals surface area contributed by atoms with Gasteiger partial charge in [-0.3, -0.25) is 14.5 Å². The molecule has 22 heavy (non-hydrogen) atoms. The summed E-state index contributed by atoms with van der Waals surface area (Å²) in [5.41, 5.74) is 0.579. The van der Waals surface area contributed by atoms with Crippen LogP contribution in [0.2, 0.25) is 0 Å². The monoisotopic (exact) mass is 321 g/mol. The molecule has 3 heterocycles. The number of hydrogen-bond donors (Lipinski definition) is 1. The van der Waals surface area contributed by atoms with Crippen LogP contribution >= 0.6 is 11.3 Å². The normalized spacial score (nSPS) is 17.0. The van der Waals surface area contributed by atoms with Gasteiger partial charge in [0.15, 0.2) is 0 Å². The maximum absolute atomic E-state index is 11.9. The van der Waals surface area contributed by atoms with Crippen molar-refractivity contribution in [3.8, 4) is 0 Å². The fourth-order valence-corrected chi connectivity index (χ4v) is 3.76. The van der Waals surface area contributed by atoms with E-state index in [0.717, 1.165) is 30.9 Å². The number of likely N-dealkylation sites (tertiary alicyclic amines) is 1. The summed E-state index contributed by atoms with van der Waals surface area (Å²) < 4.78 is 1.37. The Morgan fingerprint density at radius 1 is 1.45 bits per heavy atom. The zero-order chi connectivity index (χ0) is 15.7. The second-order valence-corrected chi connectivity index (χ2v) is 6.63. The van der Waals surface area contributed by atoms with Gasteiger partial charge in [-0.15, -0.1) is 0 Å². The van der Waals surface area contributed by atoms with Gasteiger partial charge in [-0.1, -0.05) is 11.3 Å². The largest absolute Gasteiger partial charge is 0.359 e. The number of nitrogens with one attached hydrogen (secondary N) is 1. The Hall–Kier alpha value is -1.80. The van der Waals surface area contributed by atoms with E-state index in [1.165, 1.54) is 21.9 Å². The highest BCUT2D eigenvalue weighted by molar-refractivity contribution is 7.16. The number of nitrogens with zero attached hydrogens (tertiary/aromatic N) is 4. The van der Waals surface area contributed by atoms with Gasteiger partial charge in [-0.2, -0.15) is 9.61 Å². The lowest BCUT2D eigenvalue weighted by atomic mass is 9.96. The summed E-state index contributed by atoms with van der Waals surface area (Å²) in [7, 11) is 1.68. The van der Waals surface area contributed by atoms with Crippen molar-refractivity contribution in [3.63, 3.8) is 0 Å². The van der Waals surface area contributed by atoms with Crippen LogP contribution in [0.25, 0.3) is 4.96 Å². The topological polar surface area (TPSA) is 79.6 Å². The van der Waals surface area contributed by atoms with Gasteiger partial charge in [-0.05, 0) is 32.9 Å². The van der Waals surface area contributed by atoms with Crippen molar-refractivity contribution in [1.82, 2.24) is 24.8 Å². The maximum atomic E-state index is 11.9. The first-order valence-electron chi connectivity index (χ1n) is 7.37. The number of amides is 1. The average molecular weight is 321 g/mol. The van der Waals surface area contributed by atoms with E-state index in [4.69, 9.17) is 0 Å². The number of carbonyl (C=O) groups is 1. The van der Waals surface area contributed by atoms with Gasteiger partial charge in [-0.25, -0.2) is 4.98 Å². The lowest BCUT2D eigenvalue weighted by Crippen LogP contribution is -2.39. The zero-order valence-corrected chi connectivity index (χ0v) is 13.5. The van der Waals surface area contributed by atoms with Gasteiger partial charge in [0.2, 0.25) is 10.9 Å². The molecule has 1 fully saturated rings. The number of fused-ring (bicyclic) bond motifs is 1. The number of rotatable bonds is 3. The number of aryl methyl sites for hydroxylation is 1. The zero-order valence-electron chi connectivity index (χ0n) is 12.7. The lowest BCUT2D eigenvalue weighted by Gasteiger charge is -2.30. The van der Waals surface area contributed by atoms with Crippen LogP contribution in [-0.2, 0) is 11.3 Å². The van der Waals surface area contributed by atoms with Crippen molar-refractivity contribution in [2.45, 2.75) is 26.3 Å². The van der Waals surface area contributed by atoms with Crippen molar-refractivity contribution in [2.24, 2.45) is 5.92 Å². The molecule has 3 rings (SSSR count). The Kier molecular flexibility index (Phi) is 4.21. The fraction of sp³-hybridized carbons (Fsp3) is 0.571. The fourth-order valence-electron chi connectivity index (χ4n) is 2.77. The summed E-state index contributed by atoms with van der Waals surface area (Å²) in [4.78, 5) is 30.8. The van der Waals surface area contributed by atoms with Crippen molar-refractivity contribution < 1.29 is 4.79 Å². The Labute approximate surface area is 132 Å². The van der Waals surface area contributed by atoms with E-state index in [1.54, 1.807) is 7.05 Å². The minimum absolute atomic E-state index is 0.114. The van der Waals surface area contributed by atoms with E-state index < -0.39 is 0 Å². The predicted molar refractivity (Wildman–Crippen MR) is 83.9 cm³/mol. The van der Waals surface area contributed by atoms with Crippen LogP contribution < -0.4 is 10.9 Å². The molecule has 0 aromatic carbocycles. The molecule has 0 saturated carbocycles. The van der Waals surface area contributed by atoms with Gasteiger partial charge in [0, 0.05) is 24.7 Å². The van der Waals surface area contributed by atoms with Crippen molar-refractivity contribution in [3.05, 3.63) is 27.1 Å². The Morgan fingerprint density at radius 3 is 2.86 bits per heavy atom. The highest BCUT2D eigenvalue weighted by Crippen LogP contribution is 2.20. The van der Waals surface area contributed by atoms with E-state index in [1.807, 2.05) is 6.92 Å². The lowest BCUT2D eigenvalue weighted by molar-refractivity contribution is -0.125. The first-order chi connectivity index (χ1) is 10.6. The molecule has 118 valence electrons. The molecular weight excluding hydrogens is 302 g/mol. The minimum atomic E-state index is -0.136. The third-order valence-electron chi connectivity index (χ3n) is 3.98. The third-order valence-corrected chi connectivity index (χ3v) is 4.87. The van der Waals surface area contributed by atoms with Crippen LogP contribution in [0.1, 0.15) is 23.5 Å². The summed E-state index contributed by atoms with van der Waals surface area (Å²) in [6, 6.07) is 1.49. The highest BCUT2D eigenvalue weighted by atomic mass is 32.1. The molecule has 1 amide bonds. The number of carbonyl (C=O) groups excluding carboxylic acids is 1. The van der Waals surface area contributed by atoms with Crippen LogP contribution in [0.3, 0.4) is 0 Å². The highest BCUT2D eigenvalue weighted by Gasteiger charge is 2.24. The molecule has 0 bridgehead atoms. The number of aromatic nitrogens is 3. The molecule has 1 N–H and O–H groups in total. The van der Waals surface area contributed by atoms with Gasteiger partial charge in [0.05, 0.1) is 6.54 Å². The number of hydrogen-bond acceptors (Lipinski definition) is 6. The van der Waals surface area contributed by atoms with E-state index >= 15 is 0 Å². The average Bonchev–Trinajstić information content (AvgIpc) is 2.90. The predicted octanol–water partition coefficient (Wildman–Crippen LogP) is 0.417. The van der Waals surface area contributed by atoms with Crippen LogP contribution in [0.15, 0.2) is 10.9 Å². The summed E-state index contributed by atoms with van der Waals surface area (Å²) in [5.74, 6) is 0.245. The van der Waals surface area contributed by atoms with E-state index in [2.05, 4.69) is 20.3 Å². The van der Waals surface area contributed by atoms with E-state index in [0.29, 0.717) is 17.2 Å². The third kappa shape index (κ3) is 3.02. The molecule has 0 atom stereocenters. The molecule has 2 aromatic rings. The molecule has 0 spiro atoms. The van der Waals surface area contributed by atoms with Gasteiger partial charge in [0.1, 0.15) is 5.01 Å². The summed E-state index contributed by atoms with van der Waals surface area (Å²) >= 11 is 1.45. The molecule has 2 aromatic heterocycles. The van der Waals surface area contributed by atoms with Gasteiger partial charge >= 0.3 is 0 Å². The van der Waals surface area contributed by atoms with Gasteiger partial charge < -0.3 is 5.32 Å². The summed E-state index contributed by atoms with van der Waals surface area (Å²) in [5, 5.41) is 7.95. The second-order valence-electron chi connectivity index (χ2n) is 5.59.